The van der Waals surface area contributed by atoms with Gasteiger partial charge in [-0.05, 0) is 12.1 Å². The number of carbonyl (C=O) groups is 1. The van der Waals surface area contributed by atoms with Crippen molar-refractivity contribution in [2.75, 3.05) is 5.43 Å². The zero-order chi connectivity index (χ0) is 24.2. The van der Waals surface area contributed by atoms with Crippen LogP contribution in [0, 0.1) is 10.1 Å². The van der Waals surface area contributed by atoms with Crippen LogP contribution in [0.3, 0.4) is 0 Å². The molecule has 0 bridgehead atoms. The molecule has 0 atom stereocenters. The molecule has 0 saturated heterocycles. The van der Waals surface area contributed by atoms with Crippen LogP contribution in [0.1, 0.15) is 10.4 Å². The fraction of sp³-hybridized carbons (Fsp3) is 0. The quantitative estimate of drug-likeness (QED) is 0.263. The van der Waals surface area contributed by atoms with Gasteiger partial charge in [0.1, 0.15) is 0 Å². The van der Waals surface area contributed by atoms with Crippen molar-refractivity contribution in [1.82, 2.24) is 14.6 Å². The maximum absolute atomic E-state index is 13.2. The summed E-state index contributed by atoms with van der Waals surface area (Å²) in [7, 11) is 0. The Morgan fingerprint density at radius 1 is 0.800 bits per heavy atom. The molecule has 0 unspecified atom stereocenters. The summed E-state index contributed by atoms with van der Waals surface area (Å²) in [5.74, 6) is 0.00193. The lowest BCUT2D eigenvalue weighted by Crippen LogP contribution is -2.24. The van der Waals surface area contributed by atoms with E-state index in [1.807, 2.05) is 60.7 Å². The van der Waals surface area contributed by atoms with Gasteiger partial charge in [0.15, 0.2) is 5.82 Å². The molecule has 35 heavy (non-hydrogen) atoms. The van der Waals surface area contributed by atoms with Gasteiger partial charge < -0.3 is 0 Å². The van der Waals surface area contributed by atoms with Gasteiger partial charge in [0.25, 0.3) is 11.6 Å². The molecular formula is C27H19N5O3. The summed E-state index contributed by atoms with van der Waals surface area (Å²) in [6.45, 7) is 0. The molecule has 0 aliphatic carbocycles. The summed E-state index contributed by atoms with van der Waals surface area (Å²) in [4.78, 5) is 33.1. The van der Waals surface area contributed by atoms with Crippen molar-refractivity contribution in [3.63, 3.8) is 0 Å². The van der Waals surface area contributed by atoms with Crippen LogP contribution >= 0.6 is 0 Å². The second kappa shape index (κ2) is 9.40. The minimum atomic E-state index is -0.456. The molecular weight excluding hydrogens is 442 g/mol. The lowest BCUT2D eigenvalue weighted by atomic mass is 10.1. The number of aromatic nitrogens is 3. The van der Waals surface area contributed by atoms with Crippen LogP contribution in [0.4, 0.5) is 5.69 Å². The minimum absolute atomic E-state index is 0.0694. The van der Waals surface area contributed by atoms with Gasteiger partial charge in [-0.3, -0.25) is 25.3 Å². The number of hydrogen-bond donors (Lipinski definition) is 1. The van der Waals surface area contributed by atoms with Crippen LogP contribution in [0.25, 0.3) is 33.9 Å². The van der Waals surface area contributed by atoms with E-state index >= 15 is 0 Å². The van der Waals surface area contributed by atoms with E-state index < -0.39 is 4.92 Å². The first-order valence-electron chi connectivity index (χ1n) is 10.8. The summed E-state index contributed by atoms with van der Waals surface area (Å²) < 4.78 is 1.60. The third kappa shape index (κ3) is 4.40. The Morgan fingerprint density at radius 3 is 2.09 bits per heavy atom. The van der Waals surface area contributed by atoms with Crippen LogP contribution in [0.2, 0.25) is 0 Å². The maximum Gasteiger partial charge on any atom is 0.270 e. The van der Waals surface area contributed by atoms with Crippen molar-refractivity contribution in [2.24, 2.45) is 0 Å². The molecule has 0 radical (unpaired) electrons. The Balaban J connectivity index is 1.77. The minimum Gasteiger partial charge on any atom is -0.267 e. The molecule has 5 aromatic rings. The molecule has 8 nitrogen and oxygen atoms in total. The van der Waals surface area contributed by atoms with Gasteiger partial charge in [0, 0.05) is 46.8 Å². The number of imidazole rings is 1. The van der Waals surface area contributed by atoms with Crippen molar-refractivity contribution >= 4 is 11.6 Å². The van der Waals surface area contributed by atoms with Crippen molar-refractivity contribution in [3.8, 4) is 33.9 Å². The van der Waals surface area contributed by atoms with Crippen LogP contribution in [-0.4, -0.2) is 25.5 Å². The Hall–Kier alpha value is -5.11. The number of pyridine rings is 1. The van der Waals surface area contributed by atoms with E-state index in [4.69, 9.17) is 4.98 Å². The highest BCUT2D eigenvalue weighted by Gasteiger charge is 2.24. The van der Waals surface area contributed by atoms with E-state index in [-0.39, 0.29) is 11.6 Å². The number of amides is 1. The Morgan fingerprint density at radius 2 is 1.43 bits per heavy atom. The van der Waals surface area contributed by atoms with Crippen LogP contribution in [-0.2, 0) is 0 Å². The van der Waals surface area contributed by atoms with Crippen LogP contribution in [0.5, 0.6) is 0 Å². The van der Waals surface area contributed by atoms with Crippen molar-refractivity contribution in [3.05, 3.63) is 125 Å². The molecule has 3 aromatic carbocycles. The Bertz CT molecular complexity index is 1500. The van der Waals surface area contributed by atoms with E-state index in [1.165, 1.54) is 24.5 Å². The predicted octanol–water partition coefficient (Wildman–Crippen LogP) is 5.57. The fourth-order valence-corrected chi connectivity index (χ4v) is 3.81. The van der Waals surface area contributed by atoms with Gasteiger partial charge in [-0.25, -0.2) is 9.66 Å². The number of benzene rings is 3. The Kier molecular flexibility index (Phi) is 5.83. The number of nitro benzene ring substituents is 1. The fourth-order valence-electron chi connectivity index (χ4n) is 3.81. The third-order valence-electron chi connectivity index (χ3n) is 5.44. The monoisotopic (exact) mass is 461 g/mol. The van der Waals surface area contributed by atoms with Crippen LogP contribution in [0.15, 0.2) is 109 Å². The van der Waals surface area contributed by atoms with Gasteiger partial charge >= 0.3 is 0 Å². The second-order valence-corrected chi connectivity index (χ2v) is 7.68. The average Bonchev–Trinajstić information content (AvgIpc) is 3.29. The molecule has 170 valence electrons. The standard InChI is InChI=1S/C27H19N5O3/c33-27(21-14-16-28-17-15-21)30-31-25(20-10-5-2-6-11-20)24(19-8-3-1-4-9-19)29-26(31)22-12-7-13-23(18-22)32(34)35/h1-18H,(H,30,33). The van der Waals surface area contributed by atoms with Crippen molar-refractivity contribution in [2.45, 2.75) is 0 Å². The highest BCUT2D eigenvalue weighted by atomic mass is 16.6. The zero-order valence-corrected chi connectivity index (χ0v) is 18.4. The van der Waals surface area contributed by atoms with E-state index in [2.05, 4.69) is 10.4 Å². The van der Waals surface area contributed by atoms with Gasteiger partial charge in [-0.2, -0.15) is 0 Å². The number of hydrogen-bond acceptors (Lipinski definition) is 5. The molecule has 1 N–H and O–H groups in total. The number of rotatable bonds is 6. The predicted molar refractivity (Wildman–Crippen MR) is 133 cm³/mol. The summed E-state index contributed by atoms with van der Waals surface area (Å²) in [5.41, 5.74) is 6.74. The normalized spacial score (nSPS) is 10.6. The summed E-state index contributed by atoms with van der Waals surface area (Å²) in [6, 6.07) is 28.6. The van der Waals surface area contributed by atoms with Crippen molar-refractivity contribution < 1.29 is 9.72 Å². The van der Waals surface area contributed by atoms with E-state index in [9.17, 15) is 14.9 Å². The number of non-ortho nitro benzene ring substituents is 1. The molecule has 1 amide bonds. The first-order chi connectivity index (χ1) is 17.1. The lowest BCUT2D eigenvalue weighted by molar-refractivity contribution is -0.384. The highest BCUT2D eigenvalue weighted by molar-refractivity contribution is 6.01. The summed E-state index contributed by atoms with van der Waals surface area (Å²) in [6.07, 6.45) is 3.08. The lowest BCUT2D eigenvalue weighted by Gasteiger charge is -2.14. The third-order valence-corrected chi connectivity index (χ3v) is 5.44. The van der Waals surface area contributed by atoms with Gasteiger partial charge in [-0.1, -0.05) is 72.8 Å². The second-order valence-electron chi connectivity index (χ2n) is 7.68. The molecule has 0 saturated carbocycles. The van der Waals surface area contributed by atoms with E-state index in [0.717, 1.165) is 11.1 Å². The largest absolute Gasteiger partial charge is 0.270 e. The number of nitro groups is 1. The van der Waals surface area contributed by atoms with Crippen LogP contribution < -0.4 is 5.43 Å². The number of carbonyl (C=O) groups excluding carboxylic acids is 1. The maximum atomic E-state index is 13.2. The van der Waals surface area contributed by atoms with Gasteiger partial charge in [0.2, 0.25) is 0 Å². The first-order valence-corrected chi connectivity index (χ1v) is 10.8. The van der Waals surface area contributed by atoms with Gasteiger partial charge in [-0.15, -0.1) is 0 Å². The SMILES string of the molecule is O=C(Nn1c(-c2cccc([N+](=O)[O-])c2)nc(-c2ccccc2)c1-c1ccccc1)c1ccncc1. The molecule has 0 aliphatic heterocycles. The molecule has 2 aromatic heterocycles. The van der Waals surface area contributed by atoms with Crippen molar-refractivity contribution in [1.29, 1.82) is 0 Å². The zero-order valence-electron chi connectivity index (χ0n) is 18.4. The topological polar surface area (TPSA) is 103 Å². The molecule has 2 heterocycles. The van der Waals surface area contributed by atoms with Gasteiger partial charge in [0.05, 0.1) is 16.3 Å². The molecule has 5 rings (SSSR count). The number of nitrogens with zero attached hydrogens (tertiary/aromatic N) is 4. The molecule has 8 heteroatoms. The molecule has 0 spiro atoms. The Labute approximate surface area is 200 Å². The average molecular weight is 461 g/mol. The summed E-state index contributed by atoms with van der Waals surface area (Å²) in [5, 5.41) is 11.4. The molecule has 0 aliphatic rings. The smallest absolute Gasteiger partial charge is 0.267 e. The number of nitrogens with one attached hydrogen (secondary N) is 1. The highest BCUT2D eigenvalue weighted by Crippen LogP contribution is 2.36. The first kappa shape index (κ1) is 21.7. The van der Waals surface area contributed by atoms with E-state index in [0.29, 0.717) is 28.3 Å². The molecule has 0 fully saturated rings. The van der Waals surface area contributed by atoms with E-state index in [1.54, 1.807) is 28.9 Å². The summed E-state index contributed by atoms with van der Waals surface area (Å²) >= 11 is 0.